The first kappa shape index (κ1) is 21.4. The van der Waals surface area contributed by atoms with E-state index in [1.54, 1.807) is 5.38 Å². The molecule has 1 N–H and O–H groups in total. The first-order valence-electron chi connectivity index (χ1n) is 9.11. The van der Waals surface area contributed by atoms with E-state index in [-0.39, 0.29) is 27.3 Å². The Balaban J connectivity index is 1.77. The van der Waals surface area contributed by atoms with Gasteiger partial charge in [-0.05, 0) is 35.7 Å². The van der Waals surface area contributed by atoms with E-state index in [0.717, 1.165) is 34.1 Å². The fraction of sp³-hybridized carbons (Fsp3) is 0.0952. The average Bonchev–Trinajstić information content (AvgIpc) is 3.21. The molecule has 0 spiro atoms. The van der Waals surface area contributed by atoms with Gasteiger partial charge in [0.15, 0.2) is 11.6 Å². The maximum absolute atomic E-state index is 13.9. The lowest BCUT2D eigenvalue weighted by molar-refractivity contribution is -0.116. The van der Waals surface area contributed by atoms with E-state index in [4.69, 9.17) is 4.74 Å². The minimum absolute atomic E-state index is 0.00592. The first-order valence-corrected chi connectivity index (χ1v) is 9.99. The van der Waals surface area contributed by atoms with Crippen LogP contribution in [-0.2, 0) is 11.3 Å². The van der Waals surface area contributed by atoms with Gasteiger partial charge in [0.1, 0.15) is 22.9 Å². The Labute approximate surface area is 181 Å². The van der Waals surface area contributed by atoms with Crippen molar-refractivity contribution in [1.29, 1.82) is 0 Å². The second-order valence-corrected chi connectivity index (χ2v) is 7.59. The molecule has 11 heteroatoms. The fourth-order valence-electron chi connectivity index (χ4n) is 3.22. The van der Waals surface area contributed by atoms with Crippen molar-refractivity contribution in [3.8, 4) is 11.4 Å². The van der Waals surface area contributed by atoms with Gasteiger partial charge >= 0.3 is 5.69 Å². The van der Waals surface area contributed by atoms with Crippen LogP contribution < -0.4 is 21.3 Å². The van der Waals surface area contributed by atoms with Crippen LogP contribution in [0, 0.1) is 17.5 Å². The van der Waals surface area contributed by atoms with Crippen molar-refractivity contribution in [1.82, 2.24) is 9.13 Å². The lowest BCUT2D eigenvalue weighted by Gasteiger charge is -2.13. The fourth-order valence-corrected chi connectivity index (χ4v) is 4.05. The summed E-state index contributed by atoms with van der Waals surface area (Å²) >= 11 is 1.02. The third kappa shape index (κ3) is 3.89. The second-order valence-electron chi connectivity index (χ2n) is 6.67. The molecule has 2 aromatic heterocycles. The van der Waals surface area contributed by atoms with Gasteiger partial charge in [0.25, 0.3) is 5.56 Å². The topological polar surface area (TPSA) is 82.3 Å². The Kier molecular flexibility index (Phi) is 5.57. The molecule has 32 heavy (non-hydrogen) atoms. The molecule has 0 aliphatic rings. The zero-order valence-electron chi connectivity index (χ0n) is 16.4. The number of nitrogens with zero attached hydrogens (tertiary/aromatic N) is 2. The summed E-state index contributed by atoms with van der Waals surface area (Å²) in [5.41, 5.74) is -1.71. The Morgan fingerprint density at radius 3 is 2.44 bits per heavy atom. The predicted octanol–water partition coefficient (Wildman–Crippen LogP) is 3.28. The Hall–Kier alpha value is -3.86. The molecule has 0 bridgehead atoms. The average molecular weight is 461 g/mol. The summed E-state index contributed by atoms with van der Waals surface area (Å²) in [7, 11) is 1.30. The molecule has 2 aromatic carbocycles. The van der Waals surface area contributed by atoms with Crippen molar-refractivity contribution < 1.29 is 22.7 Å². The van der Waals surface area contributed by atoms with Crippen LogP contribution in [0.3, 0.4) is 0 Å². The van der Waals surface area contributed by atoms with Crippen molar-refractivity contribution in [3.63, 3.8) is 0 Å². The van der Waals surface area contributed by atoms with E-state index in [1.807, 2.05) is 0 Å². The normalized spacial score (nSPS) is 11.0. The summed E-state index contributed by atoms with van der Waals surface area (Å²) in [5.74, 6) is -3.32. The second kappa shape index (κ2) is 8.35. The largest absolute Gasteiger partial charge is 0.494 e. The third-order valence-corrected chi connectivity index (χ3v) is 5.49. The first-order chi connectivity index (χ1) is 15.3. The molecular weight excluding hydrogens is 447 g/mol. The van der Waals surface area contributed by atoms with E-state index in [2.05, 4.69) is 5.32 Å². The van der Waals surface area contributed by atoms with Gasteiger partial charge in [-0.1, -0.05) is 0 Å². The molecular formula is C21H14F3N3O4S. The predicted molar refractivity (Wildman–Crippen MR) is 113 cm³/mol. The summed E-state index contributed by atoms with van der Waals surface area (Å²) in [6.07, 6.45) is 0. The van der Waals surface area contributed by atoms with Crippen LogP contribution in [0.5, 0.6) is 5.75 Å². The molecule has 0 unspecified atom stereocenters. The SMILES string of the molecule is COc1ccc(NC(=O)Cn2c(=O)n(-c3cc(F)cc(F)c3)c(=O)c3sccc32)cc1F. The van der Waals surface area contributed by atoms with Crippen molar-refractivity contribution >= 4 is 33.1 Å². The van der Waals surface area contributed by atoms with Gasteiger partial charge in [-0.2, -0.15) is 0 Å². The van der Waals surface area contributed by atoms with Gasteiger partial charge in [-0.15, -0.1) is 11.3 Å². The number of anilines is 1. The number of carbonyl (C=O) groups is 1. The number of aromatic nitrogens is 2. The third-order valence-electron chi connectivity index (χ3n) is 4.60. The minimum atomic E-state index is -0.969. The van der Waals surface area contributed by atoms with Crippen LogP contribution in [0.4, 0.5) is 18.9 Å². The number of thiophene rings is 1. The Morgan fingerprint density at radius 2 is 1.78 bits per heavy atom. The quantitative estimate of drug-likeness (QED) is 0.495. The van der Waals surface area contributed by atoms with E-state index in [0.29, 0.717) is 10.6 Å². The Bertz CT molecular complexity index is 1460. The zero-order valence-corrected chi connectivity index (χ0v) is 17.2. The van der Waals surface area contributed by atoms with Gasteiger partial charge in [0, 0.05) is 17.8 Å². The van der Waals surface area contributed by atoms with E-state index < -0.39 is 41.2 Å². The molecule has 4 aromatic rings. The summed E-state index contributed by atoms with van der Waals surface area (Å²) in [6, 6.07) is 7.58. The number of carbonyl (C=O) groups excluding carboxylic acids is 1. The van der Waals surface area contributed by atoms with Crippen LogP contribution in [0.25, 0.3) is 15.9 Å². The molecule has 0 saturated carbocycles. The highest BCUT2D eigenvalue weighted by atomic mass is 32.1. The number of methoxy groups -OCH3 is 1. The van der Waals surface area contributed by atoms with E-state index in [1.165, 1.54) is 25.3 Å². The maximum Gasteiger partial charge on any atom is 0.336 e. The van der Waals surface area contributed by atoms with Crippen molar-refractivity contribution in [2.45, 2.75) is 6.54 Å². The standard InChI is InChI=1S/C21H14F3N3O4S/c1-31-17-3-2-13(9-15(17)24)25-18(28)10-26-16-4-5-32-19(16)20(29)27(21(26)30)14-7-11(22)6-12(23)8-14/h2-9H,10H2,1H3,(H,25,28). The van der Waals surface area contributed by atoms with Gasteiger partial charge in [-0.3, -0.25) is 14.2 Å². The number of fused-ring (bicyclic) bond motifs is 1. The van der Waals surface area contributed by atoms with Gasteiger partial charge < -0.3 is 10.1 Å². The van der Waals surface area contributed by atoms with Gasteiger partial charge in [-0.25, -0.2) is 22.5 Å². The van der Waals surface area contributed by atoms with Crippen LogP contribution in [0.15, 0.2) is 57.4 Å². The molecule has 2 heterocycles. The maximum atomic E-state index is 13.9. The number of hydrogen-bond acceptors (Lipinski definition) is 5. The number of rotatable bonds is 5. The highest BCUT2D eigenvalue weighted by molar-refractivity contribution is 7.17. The summed E-state index contributed by atoms with van der Waals surface area (Å²) in [5, 5.41) is 4.01. The lowest BCUT2D eigenvalue weighted by Crippen LogP contribution is -2.40. The Morgan fingerprint density at radius 1 is 1.06 bits per heavy atom. The zero-order chi connectivity index (χ0) is 23.0. The molecule has 7 nitrogen and oxygen atoms in total. The molecule has 0 atom stereocenters. The number of ether oxygens (including phenoxy) is 1. The highest BCUT2D eigenvalue weighted by Crippen LogP contribution is 2.21. The van der Waals surface area contributed by atoms with Crippen LogP contribution in [-0.4, -0.2) is 22.2 Å². The van der Waals surface area contributed by atoms with E-state index in [9.17, 15) is 27.6 Å². The summed E-state index contributed by atoms with van der Waals surface area (Å²) < 4.78 is 47.8. The smallest absolute Gasteiger partial charge is 0.336 e. The molecule has 4 rings (SSSR count). The molecule has 0 fully saturated rings. The molecule has 0 radical (unpaired) electrons. The number of nitrogens with one attached hydrogen (secondary N) is 1. The minimum Gasteiger partial charge on any atom is -0.494 e. The summed E-state index contributed by atoms with van der Waals surface area (Å²) in [6.45, 7) is -0.530. The van der Waals surface area contributed by atoms with Crippen molar-refractivity contribution in [2.75, 3.05) is 12.4 Å². The van der Waals surface area contributed by atoms with Crippen LogP contribution >= 0.6 is 11.3 Å². The van der Waals surface area contributed by atoms with Crippen molar-refractivity contribution in [3.05, 3.63) is 86.1 Å². The highest BCUT2D eigenvalue weighted by Gasteiger charge is 2.19. The van der Waals surface area contributed by atoms with Crippen LogP contribution in [0.1, 0.15) is 0 Å². The lowest BCUT2D eigenvalue weighted by atomic mass is 10.3. The van der Waals surface area contributed by atoms with Crippen LogP contribution in [0.2, 0.25) is 0 Å². The molecule has 0 saturated heterocycles. The van der Waals surface area contributed by atoms with Crippen molar-refractivity contribution in [2.24, 2.45) is 0 Å². The van der Waals surface area contributed by atoms with E-state index >= 15 is 0 Å². The monoisotopic (exact) mass is 461 g/mol. The molecule has 0 aliphatic carbocycles. The molecule has 164 valence electrons. The number of amides is 1. The van der Waals surface area contributed by atoms with Gasteiger partial charge in [0.2, 0.25) is 5.91 Å². The number of benzene rings is 2. The van der Waals surface area contributed by atoms with Gasteiger partial charge in [0.05, 0.1) is 18.3 Å². The number of hydrogen-bond donors (Lipinski definition) is 1. The molecule has 0 aliphatic heterocycles. The molecule has 1 amide bonds. The summed E-state index contributed by atoms with van der Waals surface area (Å²) in [4.78, 5) is 38.5. The number of halogens is 3.